The average molecular weight is 651 g/mol. The zero-order chi connectivity index (χ0) is 34.0. The van der Waals surface area contributed by atoms with Crippen LogP contribution in [0.2, 0.25) is 0 Å². The minimum Gasteiger partial charge on any atom is -0.481 e. The molecule has 0 aromatic heterocycles. The molecule has 4 heteroatoms. The number of aliphatic carboxylic acids is 1. The Morgan fingerprint density at radius 3 is 1.00 bits per heavy atom. The third kappa shape index (κ3) is 47.1. The molecule has 0 aromatic carbocycles. The van der Waals surface area contributed by atoms with Gasteiger partial charge in [0.15, 0.2) is 0 Å². The lowest BCUT2D eigenvalue weighted by Crippen LogP contribution is -2.03. The molecule has 46 heavy (non-hydrogen) atoms. The number of esters is 1. The van der Waals surface area contributed by atoms with Crippen LogP contribution in [0.4, 0.5) is 0 Å². The summed E-state index contributed by atoms with van der Waals surface area (Å²) in [5.74, 6) is -0.687. The maximum Gasteiger partial charge on any atom is 0.305 e. The third-order valence-electron chi connectivity index (χ3n) is 8.94. The van der Waals surface area contributed by atoms with Crippen LogP contribution in [0.25, 0.3) is 0 Å². The lowest BCUT2D eigenvalue weighted by Gasteiger charge is -2.03. The highest BCUT2D eigenvalue weighted by Crippen LogP contribution is 2.15. The molecule has 0 unspecified atom stereocenters. The van der Waals surface area contributed by atoms with Crippen LogP contribution in [-0.2, 0) is 14.3 Å². The van der Waals surface area contributed by atoms with Crippen molar-refractivity contribution in [1.29, 1.82) is 0 Å². The van der Waals surface area contributed by atoms with E-state index in [0.717, 1.165) is 19.3 Å². The van der Waals surface area contributed by atoms with Crippen molar-refractivity contribution in [2.45, 2.75) is 239 Å². The molecule has 0 atom stereocenters. The first-order chi connectivity index (χ1) is 22.6. The Labute approximate surface area is 288 Å². The molecule has 0 amide bonds. The summed E-state index contributed by atoms with van der Waals surface area (Å²) in [5.41, 5.74) is 0. The Kier molecular flexibility index (Phi) is 44.4. The maximum absolute atomic E-state index is 11.2. The number of carboxylic acids is 1. The molecule has 0 saturated heterocycles. The first kappa shape index (κ1) is 46.8. The number of carbonyl (C=O) groups excluding carboxylic acids is 1. The van der Waals surface area contributed by atoms with Crippen LogP contribution in [-0.4, -0.2) is 23.7 Å². The standard InChI is InChI=1S/C22H42O2.C20H40O2/c1-2-3-4-5-6-7-8-9-10-11-12-13-14-15-16-17-18-19-20-21-22(23)24;1-3-5-6-7-8-9-10-11-12-13-14-15-16-17-18-19-20(21)22-4-2/h9-10H,2-8,11-21H2,1H3,(H,23,24);3-19H2,1-2H3/b10-9-;. The van der Waals surface area contributed by atoms with Gasteiger partial charge < -0.3 is 9.84 Å². The second-order valence-electron chi connectivity index (χ2n) is 13.6. The number of unbranched alkanes of at least 4 members (excludes halogenated alkanes) is 29. The Bertz CT molecular complexity index is 615. The topological polar surface area (TPSA) is 63.6 Å². The lowest BCUT2D eigenvalue weighted by atomic mass is 10.0. The zero-order valence-corrected chi connectivity index (χ0v) is 31.6. The summed E-state index contributed by atoms with van der Waals surface area (Å²) in [4.78, 5) is 21.5. The van der Waals surface area contributed by atoms with Gasteiger partial charge in [-0.15, -0.1) is 0 Å². The summed E-state index contributed by atoms with van der Waals surface area (Å²) in [6.07, 6.45) is 48.1. The van der Waals surface area contributed by atoms with Crippen LogP contribution in [0, 0.1) is 0 Å². The Balaban J connectivity index is 0. The van der Waals surface area contributed by atoms with Gasteiger partial charge >= 0.3 is 11.9 Å². The van der Waals surface area contributed by atoms with Crippen LogP contribution < -0.4 is 0 Å². The molecule has 0 bridgehead atoms. The first-order valence-corrected chi connectivity index (χ1v) is 20.6. The molecule has 0 aliphatic rings. The highest BCUT2D eigenvalue weighted by atomic mass is 16.5. The van der Waals surface area contributed by atoms with Gasteiger partial charge in [-0.2, -0.15) is 0 Å². The van der Waals surface area contributed by atoms with E-state index < -0.39 is 5.97 Å². The van der Waals surface area contributed by atoms with Gasteiger partial charge in [-0.25, -0.2) is 0 Å². The number of hydrogen-bond acceptors (Lipinski definition) is 3. The highest BCUT2D eigenvalue weighted by molar-refractivity contribution is 5.69. The molecule has 1 N–H and O–H groups in total. The second kappa shape index (κ2) is 43.7. The number of carboxylic acid groups (broad SMARTS) is 1. The van der Waals surface area contributed by atoms with Gasteiger partial charge in [0, 0.05) is 12.8 Å². The quantitative estimate of drug-likeness (QED) is 0.0416. The van der Waals surface area contributed by atoms with Crippen molar-refractivity contribution in [3.63, 3.8) is 0 Å². The molecule has 0 fully saturated rings. The number of allylic oxidation sites excluding steroid dienone is 2. The average Bonchev–Trinajstić information content (AvgIpc) is 3.04. The lowest BCUT2D eigenvalue weighted by molar-refractivity contribution is -0.143. The number of hydrogen-bond donors (Lipinski definition) is 1. The van der Waals surface area contributed by atoms with Gasteiger partial charge in [-0.3, -0.25) is 9.59 Å². The van der Waals surface area contributed by atoms with E-state index in [1.54, 1.807) is 0 Å². The molecule has 0 spiro atoms. The van der Waals surface area contributed by atoms with Crippen molar-refractivity contribution < 1.29 is 19.4 Å². The predicted octanol–water partition coefficient (Wildman–Crippen LogP) is 14.5. The van der Waals surface area contributed by atoms with Crippen LogP contribution >= 0.6 is 0 Å². The van der Waals surface area contributed by atoms with E-state index in [4.69, 9.17) is 9.84 Å². The summed E-state index contributed by atoms with van der Waals surface area (Å²) < 4.78 is 4.92. The van der Waals surface area contributed by atoms with Gasteiger partial charge in [-0.1, -0.05) is 193 Å². The summed E-state index contributed by atoms with van der Waals surface area (Å²) in [6.45, 7) is 6.93. The monoisotopic (exact) mass is 651 g/mol. The van der Waals surface area contributed by atoms with Crippen LogP contribution in [0.5, 0.6) is 0 Å². The SMILES string of the molecule is CCCCCCCC/C=C\CCCCCCCCCCCC(=O)O.CCCCCCCCCCCCCCCCCC(=O)OCC. The Morgan fingerprint density at radius 1 is 0.413 bits per heavy atom. The molecule has 0 aliphatic carbocycles. The molecule has 0 heterocycles. The predicted molar refractivity (Wildman–Crippen MR) is 202 cm³/mol. The van der Waals surface area contributed by atoms with Gasteiger partial charge in [0.1, 0.15) is 0 Å². The van der Waals surface area contributed by atoms with Crippen LogP contribution in [0.3, 0.4) is 0 Å². The molecule has 274 valence electrons. The van der Waals surface area contributed by atoms with Gasteiger partial charge in [0.2, 0.25) is 0 Å². The maximum atomic E-state index is 11.2. The van der Waals surface area contributed by atoms with Gasteiger partial charge in [0.05, 0.1) is 6.61 Å². The molecule has 0 aromatic rings. The van der Waals surface area contributed by atoms with E-state index in [-0.39, 0.29) is 5.97 Å². The van der Waals surface area contributed by atoms with Crippen molar-refractivity contribution >= 4 is 11.9 Å². The molecule has 0 saturated carbocycles. The third-order valence-corrected chi connectivity index (χ3v) is 8.94. The van der Waals surface area contributed by atoms with Crippen molar-refractivity contribution in [1.82, 2.24) is 0 Å². The van der Waals surface area contributed by atoms with Crippen molar-refractivity contribution in [2.24, 2.45) is 0 Å². The summed E-state index contributed by atoms with van der Waals surface area (Å²) in [6, 6.07) is 0. The van der Waals surface area contributed by atoms with Crippen molar-refractivity contribution in [3.8, 4) is 0 Å². The van der Waals surface area contributed by atoms with Gasteiger partial charge in [-0.05, 0) is 45.4 Å². The van der Waals surface area contributed by atoms with E-state index in [0.29, 0.717) is 19.4 Å². The zero-order valence-electron chi connectivity index (χ0n) is 31.6. The van der Waals surface area contributed by atoms with Crippen LogP contribution in [0.1, 0.15) is 239 Å². The number of rotatable bonds is 36. The molecular weight excluding hydrogens is 568 g/mol. The highest BCUT2D eigenvalue weighted by Gasteiger charge is 2.01. The first-order valence-electron chi connectivity index (χ1n) is 20.6. The minimum atomic E-state index is -0.656. The van der Waals surface area contributed by atoms with Crippen LogP contribution in [0.15, 0.2) is 12.2 Å². The molecular formula is C42H82O4. The van der Waals surface area contributed by atoms with E-state index in [2.05, 4.69) is 26.0 Å². The van der Waals surface area contributed by atoms with E-state index in [1.165, 1.54) is 186 Å². The van der Waals surface area contributed by atoms with E-state index >= 15 is 0 Å². The van der Waals surface area contributed by atoms with Crippen molar-refractivity contribution in [3.05, 3.63) is 12.2 Å². The molecule has 0 radical (unpaired) electrons. The van der Waals surface area contributed by atoms with Gasteiger partial charge in [0.25, 0.3) is 0 Å². The van der Waals surface area contributed by atoms with E-state index in [9.17, 15) is 9.59 Å². The number of carbonyl (C=O) groups is 2. The molecule has 0 rings (SSSR count). The van der Waals surface area contributed by atoms with E-state index in [1.807, 2.05) is 6.92 Å². The fraction of sp³-hybridized carbons (Fsp3) is 0.905. The largest absolute Gasteiger partial charge is 0.481 e. The normalized spacial score (nSPS) is 11.1. The molecule has 4 nitrogen and oxygen atoms in total. The Morgan fingerprint density at radius 2 is 0.696 bits per heavy atom. The Hall–Kier alpha value is -1.32. The minimum absolute atomic E-state index is 0.0304. The number of ether oxygens (including phenoxy) is 1. The summed E-state index contributed by atoms with van der Waals surface area (Å²) in [7, 11) is 0. The fourth-order valence-corrected chi connectivity index (χ4v) is 5.93. The summed E-state index contributed by atoms with van der Waals surface area (Å²) >= 11 is 0. The fourth-order valence-electron chi connectivity index (χ4n) is 5.93. The van der Waals surface area contributed by atoms with Crippen molar-refractivity contribution in [2.75, 3.05) is 6.61 Å². The second-order valence-corrected chi connectivity index (χ2v) is 13.6. The smallest absolute Gasteiger partial charge is 0.305 e. The summed E-state index contributed by atoms with van der Waals surface area (Å²) in [5, 5.41) is 8.55. The molecule has 0 aliphatic heterocycles.